The van der Waals surface area contributed by atoms with E-state index in [1.807, 2.05) is 19.2 Å². The quantitative estimate of drug-likeness (QED) is 0.854. The Balaban J connectivity index is 1.89. The van der Waals surface area contributed by atoms with Crippen molar-refractivity contribution in [1.29, 1.82) is 0 Å². The Labute approximate surface area is 115 Å². The van der Waals surface area contributed by atoms with Crippen LogP contribution in [0.3, 0.4) is 0 Å². The van der Waals surface area contributed by atoms with Crippen LogP contribution in [0.4, 0.5) is 0 Å². The van der Waals surface area contributed by atoms with Crippen LogP contribution in [0.2, 0.25) is 0 Å². The van der Waals surface area contributed by atoms with Gasteiger partial charge in [-0.2, -0.15) is 0 Å². The Morgan fingerprint density at radius 3 is 2.68 bits per heavy atom. The van der Waals surface area contributed by atoms with Gasteiger partial charge in [0.1, 0.15) is 11.5 Å². The van der Waals surface area contributed by atoms with Gasteiger partial charge in [-0.25, -0.2) is 0 Å². The predicted molar refractivity (Wildman–Crippen MR) is 77.4 cm³/mol. The fraction of sp³-hybridized carbons (Fsp3) is 0.500. The number of allylic oxidation sites excluding steroid dienone is 1. The van der Waals surface area contributed by atoms with Crippen molar-refractivity contribution in [3.63, 3.8) is 0 Å². The minimum absolute atomic E-state index is 0.322. The van der Waals surface area contributed by atoms with E-state index in [1.54, 1.807) is 7.11 Å². The van der Waals surface area contributed by atoms with Crippen molar-refractivity contribution in [2.24, 2.45) is 0 Å². The van der Waals surface area contributed by atoms with Crippen molar-refractivity contribution in [3.05, 3.63) is 41.7 Å². The van der Waals surface area contributed by atoms with Crippen LogP contribution in [0.25, 0.3) is 0 Å². The van der Waals surface area contributed by atoms with Gasteiger partial charge in [-0.1, -0.05) is 12.1 Å². The van der Waals surface area contributed by atoms with E-state index in [1.165, 1.54) is 5.56 Å². The maximum Gasteiger partial charge on any atom is 0.118 e. The van der Waals surface area contributed by atoms with Gasteiger partial charge >= 0.3 is 0 Å². The third-order valence-corrected chi connectivity index (χ3v) is 3.54. The molecule has 19 heavy (non-hydrogen) atoms. The smallest absolute Gasteiger partial charge is 0.118 e. The number of likely N-dealkylation sites (N-methyl/N-ethyl adjacent to an activating group) is 1. The molecule has 0 saturated heterocycles. The Morgan fingerprint density at radius 1 is 1.32 bits per heavy atom. The fourth-order valence-corrected chi connectivity index (χ4v) is 2.35. The molecule has 1 aromatic carbocycles. The zero-order valence-corrected chi connectivity index (χ0v) is 11.8. The van der Waals surface area contributed by atoms with Gasteiger partial charge in [0.05, 0.1) is 19.8 Å². The Kier molecular flexibility index (Phi) is 5.28. The summed E-state index contributed by atoms with van der Waals surface area (Å²) in [6, 6.07) is 8.60. The highest BCUT2D eigenvalue weighted by Gasteiger charge is 2.15. The van der Waals surface area contributed by atoms with Gasteiger partial charge in [-0.15, -0.1) is 0 Å². The van der Waals surface area contributed by atoms with E-state index in [9.17, 15) is 0 Å². The zero-order chi connectivity index (χ0) is 13.5. The van der Waals surface area contributed by atoms with E-state index in [4.69, 9.17) is 9.47 Å². The molecule has 0 amide bonds. The van der Waals surface area contributed by atoms with E-state index in [2.05, 4.69) is 23.5 Å². The normalized spacial score (nSPS) is 16.4. The average molecular weight is 261 g/mol. The van der Waals surface area contributed by atoms with Crippen LogP contribution in [0.1, 0.15) is 24.8 Å². The molecule has 0 spiro atoms. The molecule has 0 bridgehead atoms. The van der Waals surface area contributed by atoms with Crippen LogP contribution >= 0.6 is 0 Å². The molecule has 1 aliphatic rings. The second-order valence-electron chi connectivity index (χ2n) is 4.83. The highest BCUT2D eigenvalue weighted by molar-refractivity contribution is 5.27. The zero-order valence-electron chi connectivity index (χ0n) is 11.8. The largest absolute Gasteiger partial charge is 0.497 e. The Hall–Kier alpha value is -1.48. The van der Waals surface area contributed by atoms with Crippen LogP contribution in [0.15, 0.2) is 36.1 Å². The molecule has 104 valence electrons. The minimum atomic E-state index is 0.322. The molecule has 0 fully saturated rings. The molecule has 0 aromatic heterocycles. The second kappa shape index (κ2) is 7.19. The lowest BCUT2D eigenvalue weighted by molar-refractivity contribution is 0.167. The maximum absolute atomic E-state index is 5.73. The van der Waals surface area contributed by atoms with Crippen molar-refractivity contribution in [1.82, 2.24) is 5.32 Å². The van der Waals surface area contributed by atoms with Gasteiger partial charge in [0.2, 0.25) is 0 Å². The van der Waals surface area contributed by atoms with E-state index in [-0.39, 0.29) is 0 Å². The number of methoxy groups -OCH3 is 1. The van der Waals surface area contributed by atoms with Gasteiger partial charge in [0, 0.05) is 0 Å². The molecule has 3 nitrogen and oxygen atoms in total. The number of nitrogens with one attached hydrogen (secondary N) is 1. The standard InChI is InChI=1S/C16H23NO2/c1-17-15(16-5-3-4-12-19-16)11-8-13-6-9-14(18-2)10-7-13/h5-7,9-10,15,17H,3-4,8,11-12H2,1-2H3. The van der Waals surface area contributed by atoms with Gasteiger partial charge < -0.3 is 14.8 Å². The van der Waals surface area contributed by atoms with Crippen LogP contribution in [0.5, 0.6) is 5.75 Å². The number of rotatable bonds is 6. The highest BCUT2D eigenvalue weighted by atomic mass is 16.5. The molecule has 0 saturated carbocycles. The van der Waals surface area contributed by atoms with Gasteiger partial charge in [0.15, 0.2) is 0 Å². The second-order valence-corrected chi connectivity index (χ2v) is 4.83. The molecule has 2 rings (SSSR count). The van der Waals surface area contributed by atoms with Crippen LogP contribution in [0, 0.1) is 0 Å². The summed E-state index contributed by atoms with van der Waals surface area (Å²) in [6.07, 6.45) is 6.58. The molecular formula is C16H23NO2. The molecule has 1 unspecified atom stereocenters. The van der Waals surface area contributed by atoms with Crippen LogP contribution in [-0.4, -0.2) is 26.8 Å². The maximum atomic E-state index is 5.73. The van der Waals surface area contributed by atoms with Crippen LogP contribution < -0.4 is 10.1 Å². The van der Waals surface area contributed by atoms with E-state index in [0.717, 1.165) is 43.8 Å². The molecule has 0 aliphatic carbocycles. The predicted octanol–water partition coefficient (Wildman–Crippen LogP) is 2.91. The Morgan fingerprint density at radius 2 is 2.11 bits per heavy atom. The lowest BCUT2D eigenvalue weighted by atomic mass is 10.0. The lowest BCUT2D eigenvalue weighted by Crippen LogP contribution is -2.30. The summed E-state index contributed by atoms with van der Waals surface area (Å²) in [5.74, 6) is 2.02. The Bertz CT molecular complexity index is 411. The fourth-order valence-electron chi connectivity index (χ4n) is 2.35. The van der Waals surface area contributed by atoms with E-state index in [0.29, 0.717) is 6.04 Å². The molecule has 1 aromatic rings. The monoisotopic (exact) mass is 261 g/mol. The molecule has 1 atom stereocenters. The number of aryl methyl sites for hydroxylation is 1. The molecule has 1 heterocycles. The molecule has 0 radical (unpaired) electrons. The average Bonchev–Trinajstić information content (AvgIpc) is 2.49. The summed E-state index contributed by atoms with van der Waals surface area (Å²) in [4.78, 5) is 0. The molecule has 1 aliphatic heterocycles. The molecule has 3 heteroatoms. The molecular weight excluding hydrogens is 238 g/mol. The van der Waals surface area contributed by atoms with Gasteiger partial charge in [-0.3, -0.25) is 0 Å². The van der Waals surface area contributed by atoms with Crippen molar-refractivity contribution in [2.75, 3.05) is 20.8 Å². The number of ether oxygens (including phenoxy) is 2. The van der Waals surface area contributed by atoms with Crippen molar-refractivity contribution < 1.29 is 9.47 Å². The summed E-state index contributed by atoms with van der Waals surface area (Å²) in [6.45, 7) is 0.854. The first kappa shape index (κ1) is 13.9. The third-order valence-electron chi connectivity index (χ3n) is 3.54. The van der Waals surface area contributed by atoms with Gasteiger partial charge in [0.25, 0.3) is 0 Å². The van der Waals surface area contributed by atoms with Crippen molar-refractivity contribution >= 4 is 0 Å². The summed E-state index contributed by atoms with van der Waals surface area (Å²) in [5, 5.41) is 3.35. The van der Waals surface area contributed by atoms with Crippen LogP contribution in [-0.2, 0) is 11.2 Å². The summed E-state index contributed by atoms with van der Waals surface area (Å²) in [7, 11) is 3.69. The van der Waals surface area contributed by atoms with Crippen molar-refractivity contribution in [3.8, 4) is 5.75 Å². The topological polar surface area (TPSA) is 30.5 Å². The minimum Gasteiger partial charge on any atom is -0.497 e. The number of benzene rings is 1. The molecule has 1 N–H and O–H groups in total. The first-order chi connectivity index (χ1) is 9.33. The third kappa shape index (κ3) is 4.00. The first-order valence-electron chi connectivity index (χ1n) is 6.96. The first-order valence-corrected chi connectivity index (χ1v) is 6.96. The summed E-state index contributed by atoms with van der Waals surface area (Å²) >= 11 is 0. The number of hydrogen-bond acceptors (Lipinski definition) is 3. The van der Waals surface area contributed by atoms with Crippen molar-refractivity contribution in [2.45, 2.75) is 31.7 Å². The summed E-state index contributed by atoms with van der Waals surface area (Å²) < 4.78 is 10.9. The van der Waals surface area contributed by atoms with E-state index >= 15 is 0 Å². The lowest BCUT2D eigenvalue weighted by Gasteiger charge is -2.23. The summed E-state index contributed by atoms with van der Waals surface area (Å²) in [5.41, 5.74) is 1.33. The highest BCUT2D eigenvalue weighted by Crippen LogP contribution is 2.18. The van der Waals surface area contributed by atoms with Gasteiger partial charge in [-0.05, 0) is 56.5 Å². The number of hydrogen-bond donors (Lipinski definition) is 1. The van der Waals surface area contributed by atoms with E-state index < -0.39 is 0 Å². The SMILES string of the molecule is CNC(CCc1ccc(OC)cc1)C1=CCCCO1.